The third-order valence-electron chi connectivity index (χ3n) is 3.68. The zero-order chi connectivity index (χ0) is 12.1. The summed E-state index contributed by atoms with van der Waals surface area (Å²) in [4.78, 5) is 10.5. The Bertz CT molecular complexity index is 266. The van der Waals surface area contributed by atoms with E-state index >= 15 is 0 Å². The van der Waals surface area contributed by atoms with Crippen molar-refractivity contribution in [3.8, 4) is 0 Å². The molecular formula is C12H22N2O3. The summed E-state index contributed by atoms with van der Waals surface area (Å²) >= 11 is 0. The Hall–Kier alpha value is -0.650. The van der Waals surface area contributed by atoms with Crippen molar-refractivity contribution in [3.05, 3.63) is 0 Å². The minimum absolute atomic E-state index is 0.0133. The van der Waals surface area contributed by atoms with Crippen LogP contribution in [0.5, 0.6) is 0 Å². The first-order chi connectivity index (χ1) is 8.20. The number of nitrogens with two attached hydrogens (primary N) is 1. The van der Waals surface area contributed by atoms with Gasteiger partial charge in [0.1, 0.15) is 6.61 Å². The van der Waals surface area contributed by atoms with Gasteiger partial charge in [-0.3, -0.25) is 4.79 Å². The van der Waals surface area contributed by atoms with Crippen LogP contribution in [0.3, 0.4) is 0 Å². The van der Waals surface area contributed by atoms with E-state index in [1.165, 1.54) is 19.3 Å². The molecule has 5 heteroatoms. The van der Waals surface area contributed by atoms with Crippen LogP contribution in [0.25, 0.3) is 0 Å². The van der Waals surface area contributed by atoms with Crippen molar-refractivity contribution < 1.29 is 14.3 Å². The zero-order valence-corrected chi connectivity index (χ0v) is 10.2. The predicted molar refractivity (Wildman–Crippen MR) is 63.6 cm³/mol. The number of carbonyl (C=O) groups is 1. The van der Waals surface area contributed by atoms with Gasteiger partial charge in [0.15, 0.2) is 0 Å². The van der Waals surface area contributed by atoms with Gasteiger partial charge in [-0.1, -0.05) is 0 Å². The monoisotopic (exact) mass is 242 g/mol. The summed E-state index contributed by atoms with van der Waals surface area (Å²) in [5.74, 6) is -0.413. The van der Waals surface area contributed by atoms with Crippen molar-refractivity contribution in [2.75, 3.05) is 26.4 Å². The van der Waals surface area contributed by atoms with Crippen LogP contribution >= 0.6 is 0 Å². The lowest BCUT2D eigenvalue weighted by Crippen LogP contribution is -2.51. The maximum atomic E-state index is 10.5. The molecule has 1 spiro atoms. The van der Waals surface area contributed by atoms with Gasteiger partial charge < -0.3 is 20.5 Å². The third-order valence-corrected chi connectivity index (χ3v) is 3.68. The van der Waals surface area contributed by atoms with E-state index in [-0.39, 0.29) is 12.2 Å². The number of carbonyl (C=O) groups excluding carboxylic acids is 1. The normalized spacial score (nSPS) is 26.7. The molecule has 2 fully saturated rings. The summed E-state index contributed by atoms with van der Waals surface area (Å²) in [5, 5.41) is 3.46. The molecule has 1 amide bonds. The lowest BCUT2D eigenvalue weighted by atomic mass is 9.74. The van der Waals surface area contributed by atoms with E-state index in [0.29, 0.717) is 12.6 Å². The molecule has 2 aliphatic rings. The van der Waals surface area contributed by atoms with Crippen molar-refractivity contribution in [3.63, 3.8) is 0 Å². The molecule has 1 saturated carbocycles. The van der Waals surface area contributed by atoms with Crippen LogP contribution in [0.2, 0.25) is 0 Å². The highest BCUT2D eigenvalue weighted by Gasteiger charge is 2.42. The number of rotatable bonds is 6. The van der Waals surface area contributed by atoms with E-state index in [4.69, 9.17) is 15.2 Å². The second-order valence-corrected chi connectivity index (χ2v) is 5.05. The minimum atomic E-state index is -0.413. The van der Waals surface area contributed by atoms with E-state index in [2.05, 4.69) is 5.32 Å². The topological polar surface area (TPSA) is 73.6 Å². The van der Waals surface area contributed by atoms with E-state index in [1.54, 1.807) is 0 Å². The van der Waals surface area contributed by atoms with Gasteiger partial charge in [-0.05, 0) is 32.1 Å². The van der Waals surface area contributed by atoms with Crippen molar-refractivity contribution in [1.29, 1.82) is 0 Å². The molecule has 1 saturated heterocycles. The van der Waals surface area contributed by atoms with Gasteiger partial charge in [-0.25, -0.2) is 0 Å². The summed E-state index contributed by atoms with van der Waals surface area (Å²) in [5.41, 5.74) is 5.16. The molecular weight excluding hydrogens is 220 g/mol. The zero-order valence-electron chi connectivity index (χ0n) is 10.2. The molecule has 1 atom stereocenters. The highest BCUT2D eigenvalue weighted by atomic mass is 16.5. The Balaban J connectivity index is 1.57. The number of nitrogens with one attached hydrogen (secondary N) is 1. The summed E-state index contributed by atoms with van der Waals surface area (Å²) in [6.45, 7) is 2.18. The summed E-state index contributed by atoms with van der Waals surface area (Å²) < 4.78 is 11.0. The van der Waals surface area contributed by atoms with Crippen molar-refractivity contribution in [2.45, 2.75) is 43.7 Å². The van der Waals surface area contributed by atoms with Gasteiger partial charge >= 0.3 is 0 Å². The average molecular weight is 242 g/mol. The van der Waals surface area contributed by atoms with Crippen LogP contribution in [-0.4, -0.2) is 43.9 Å². The molecule has 0 aromatic carbocycles. The third kappa shape index (κ3) is 3.66. The van der Waals surface area contributed by atoms with Gasteiger partial charge in [0.2, 0.25) is 5.91 Å². The SMILES string of the molecule is NC(=O)COCCNC1CCOC2(CCC2)C1. The summed E-state index contributed by atoms with van der Waals surface area (Å²) in [7, 11) is 0. The van der Waals surface area contributed by atoms with E-state index in [9.17, 15) is 4.79 Å². The first-order valence-electron chi connectivity index (χ1n) is 6.44. The largest absolute Gasteiger partial charge is 0.375 e. The fourth-order valence-electron chi connectivity index (χ4n) is 2.63. The standard InChI is InChI=1S/C12H22N2O3/c13-11(15)9-16-7-5-14-10-2-6-17-12(8-10)3-1-4-12/h10,14H,1-9H2,(H2,13,15). The number of amides is 1. The van der Waals surface area contributed by atoms with Crippen LogP contribution in [0.15, 0.2) is 0 Å². The number of hydrogen-bond acceptors (Lipinski definition) is 4. The van der Waals surface area contributed by atoms with Crippen LogP contribution in [0.4, 0.5) is 0 Å². The Kier molecular flexibility index (Phi) is 4.36. The number of hydrogen-bond donors (Lipinski definition) is 2. The summed E-state index contributed by atoms with van der Waals surface area (Å²) in [6, 6.07) is 0.529. The predicted octanol–water partition coefficient (Wildman–Crippen LogP) is 0.180. The Labute approximate surface area is 102 Å². The Morgan fingerprint density at radius 2 is 2.35 bits per heavy atom. The van der Waals surface area contributed by atoms with Gasteiger partial charge in [0.05, 0.1) is 12.2 Å². The fourth-order valence-corrected chi connectivity index (χ4v) is 2.63. The van der Waals surface area contributed by atoms with Crippen LogP contribution < -0.4 is 11.1 Å². The smallest absolute Gasteiger partial charge is 0.243 e. The molecule has 0 aromatic heterocycles. The van der Waals surface area contributed by atoms with E-state index < -0.39 is 5.91 Å². The van der Waals surface area contributed by atoms with Gasteiger partial charge in [0.25, 0.3) is 0 Å². The molecule has 1 aliphatic heterocycles. The molecule has 1 aliphatic carbocycles. The highest BCUT2D eigenvalue weighted by molar-refractivity contribution is 5.74. The van der Waals surface area contributed by atoms with E-state index in [1.807, 2.05) is 0 Å². The second-order valence-electron chi connectivity index (χ2n) is 5.05. The Morgan fingerprint density at radius 1 is 1.53 bits per heavy atom. The van der Waals surface area contributed by atoms with Gasteiger partial charge in [-0.2, -0.15) is 0 Å². The number of primary amides is 1. The quantitative estimate of drug-likeness (QED) is 0.652. The second kappa shape index (κ2) is 5.80. The highest BCUT2D eigenvalue weighted by Crippen LogP contribution is 2.42. The number of ether oxygens (including phenoxy) is 2. The Morgan fingerprint density at radius 3 is 3.00 bits per heavy atom. The molecule has 5 nitrogen and oxygen atoms in total. The van der Waals surface area contributed by atoms with Gasteiger partial charge in [0, 0.05) is 19.2 Å². The fraction of sp³-hybridized carbons (Fsp3) is 0.917. The van der Waals surface area contributed by atoms with Crippen molar-refractivity contribution >= 4 is 5.91 Å². The molecule has 0 radical (unpaired) electrons. The lowest BCUT2D eigenvalue weighted by Gasteiger charge is -2.47. The molecule has 0 bridgehead atoms. The minimum Gasteiger partial charge on any atom is -0.375 e. The van der Waals surface area contributed by atoms with Crippen LogP contribution in [-0.2, 0) is 14.3 Å². The summed E-state index contributed by atoms with van der Waals surface area (Å²) in [6.07, 6.45) is 5.90. The maximum absolute atomic E-state index is 10.5. The van der Waals surface area contributed by atoms with Crippen molar-refractivity contribution in [2.24, 2.45) is 5.73 Å². The molecule has 1 heterocycles. The first kappa shape index (κ1) is 12.8. The molecule has 0 aromatic rings. The van der Waals surface area contributed by atoms with Crippen LogP contribution in [0, 0.1) is 0 Å². The molecule has 3 N–H and O–H groups in total. The molecule has 98 valence electrons. The molecule has 17 heavy (non-hydrogen) atoms. The first-order valence-corrected chi connectivity index (χ1v) is 6.44. The van der Waals surface area contributed by atoms with Crippen molar-refractivity contribution in [1.82, 2.24) is 5.32 Å². The molecule has 1 unspecified atom stereocenters. The maximum Gasteiger partial charge on any atom is 0.243 e. The van der Waals surface area contributed by atoms with Crippen LogP contribution in [0.1, 0.15) is 32.1 Å². The lowest BCUT2D eigenvalue weighted by molar-refractivity contribution is -0.135. The molecule has 2 rings (SSSR count). The average Bonchev–Trinajstić information content (AvgIpc) is 2.26. The van der Waals surface area contributed by atoms with E-state index in [0.717, 1.165) is 26.0 Å². The van der Waals surface area contributed by atoms with Gasteiger partial charge in [-0.15, -0.1) is 0 Å².